The van der Waals surface area contributed by atoms with Crippen molar-refractivity contribution in [3.63, 3.8) is 0 Å². The fraction of sp³-hybridized carbons (Fsp3) is 0.444. The number of allylic oxidation sites excluding steroid dienone is 1. The van der Waals surface area contributed by atoms with Gasteiger partial charge in [-0.3, -0.25) is 0 Å². The first-order chi connectivity index (χ1) is 11.5. The average Bonchev–Trinajstić information content (AvgIpc) is 2.98. The topological polar surface area (TPSA) is 88.1 Å². The van der Waals surface area contributed by atoms with Crippen molar-refractivity contribution in [2.45, 2.75) is 26.3 Å². The van der Waals surface area contributed by atoms with Gasteiger partial charge in [0.2, 0.25) is 0 Å². The summed E-state index contributed by atoms with van der Waals surface area (Å²) in [5, 5.41) is 9.26. The van der Waals surface area contributed by atoms with Gasteiger partial charge in [-0.2, -0.15) is 0 Å². The molecule has 0 amide bonds. The van der Waals surface area contributed by atoms with Crippen LogP contribution < -0.4 is 10.5 Å². The zero-order valence-electron chi connectivity index (χ0n) is 14.0. The largest absolute Gasteiger partial charge is 0.493 e. The minimum atomic E-state index is -0.935. The molecule has 1 saturated heterocycles. The predicted octanol–water partition coefficient (Wildman–Crippen LogP) is 2.42. The van der Waals surface area contributed by atoms with E-state index in [0.717, 1.165) is 24.3 Å². The van der Waals surface area contributed by atoms with Gasteiger partial charge in [-0.05, 0) is 38.5 Å². The first-order valence-electron chi connectivity index (χ1n) is 8.17. The highest BCUT2D eigenvalue weighted by Crippen LogP contribution is 2.44. The van der Waals surface area contributed by atoms with E-state index in [9.17, 15) is 9.90 Å². The van der Waals surface area contributed by atoms with Gasteiger partial charge in [-0.1, -0.05) is 11.6 Å². The summed E-state index contributed by atoms with van der Waals surface area (Å²) in [5.74, 6) is 0.618. The fourth-order valence-electron chi connectivity index (χ4n) is 3.36. The van der Waals surface area contributed by atoms with Crippen LogP contribution in [0.3, 0.4) is 0 Å². The first kappa shape index (κ1) is 16.4. The Morgan fingerprint density at radius 1 is 1.50 bits per heavy atom. The third-order valence-corrected chi connectivity index (χ3v) is 4.60. The Morgan fingerprint density at radius 3 is 3.00 bits per heavy atom. The van der Waals surface area contributed by atoms with Gasteiger partial charge in [0.05, 0.1) is 24.8 Å². The Kier molecular flexibility index (Phi) is 4.46. The smallest absolute Gasteiger partial charge is 0.335 e. The van der Waals surface area contributed by atoms with Gasteiger partial charge >= 0.3 is 5.97 Å². The maximum Gasteiger partial charge on any atom is 0.335 e. The number of carboxylic acids is 1. The number of aromatic carboxylic acids is 1. The number of hydrogen-bond donors (Lipinski definition) is 2. The molecule has 0 bridgehead atoms. The number of nitrogens with two attached hydrogens (primary N) is 1. The van der Waals surface area contributed by atoms with E-state index in [4.69, 9.17) is 10.5 Å². The number of hydrogen-bond acceptors (Lipinski definition) is 3. The van der Waals surface area contributed by atoms with Crippen molar-refractivity contribution in [1.29, 1.82) is 0 Å². The summed E-state index contributed by atoms with van der Waals surface area (Å²) in [5.41, 5.74) is 8.58. The Balaban J connectivity index is 1.91. The van der Waals surface area contributed by atoms with Gasteiger partial charge in [0, 0.05) is 18.0 Å². The summed E-state index contributed by atoms with van der Waals surface area (Å²) in [4.78, 5) is 17.8. The van der Waals surface area contributed by atoms with E-state index in [2.05, 4.69) is 9.89 Å². The summed E-state index contributed by atoms with van der Waals surface area (Å²) < 4.78 is 5.80. The van der Waals surface area contributed by atoms with Gasteiger partial charge in [-0.25, -0.2) is 9.79 Å². The lowest BCUT2D eigenvalue weighted by Gasteiger charge is -2.34. The number of carboxylic acid groups (broad SMARTS) is 1. The van der Waals surface area contributed by atoms with Crippen molar-refractivity contribution in [2.75, 3.05) is 19.7 Å². The number of guanidine groups is 1. The minimum Gasteiger partial charge on any atom is -0.493 e. The van der Waals surface area contributed by atoms with Crippen LogP contribution in [0, 0.1) is 5.92 Å². The molecule has 1 aromatic carbocycles. The summed E-state index contributed by atoms with van der Waals surface area (Å²) in [6.07, 6.45) is 2.99. The van der Waals surface area contributed by atoms with Crippen LogP contribution in [0.5, 0.6) is 5.75 Å². The van der Waals surface area contributed by atoms with E-state index in [1.165, 1.54) is 5.57 Å². The van der Waals surface area contributed by atoms with Crippen LogP contribution in [0.1, 0.15) is 42.2 Å². The van der Waals surface area contributed by atoms with Crippen molar-refractivity contribution in [1.82, 2.24) is 4.90 Å². The van der Waals surface area contributed by atoms with Crippen molar-refractivity contribution >= 4 is 11.9 Å². The van der Waals surface area contributed by atoms with Crippen molar-refractivity contribution in [3.8, 4) is 5.75 Å². The number of fused-ring (bicyclic) bond motifs is 3. The molecule has 0 aromatic heterocycles. The Labute approximate surface area is 141 Å². The minimum absolute atomic E-state index is 0.0310. The number of nitrogens with zero attached hydrogens (tertiary/aromatic N) is 2. The summed E-state index contributed by atoms with van der Waals surface area (Å²) in [7, 11) is 0. The van der Waals surface area contributed by atoms with E-state index < -0.39 is 5.97 Å². The molecule has 128 valence electrons. The third-order valence-electron chi connectivity index (χ3n) is 4.60. The van der Waals surface area contributed by atoms with Gasteiger partial charge in [0.15, 0.2) is 5.96 Å². The molecular weight excluding hydrogens is 306 g/mol. The van der Waals surface area contributed by atoms with Crippen molar-refractivity contribution in [2.24, 2.45) is 16.6 Å². The monoisotopic (exact) mass is 329 g/mol. The molecule has 0 spiro atoms. The fourth-order valence-corrected chi connectivity index (χ4v) is 3.36. The number of benzene rings is 1. The molecule has 6 nitrogen and oxygen atoms in total. The van der Waals surface area contributed by atoms with E-state index in [-0.39, 0.29) is 11.6 Å². The molecule has 6 heteroatoms. The summed E-state index contributed by atoms with van der Waals surface area (Å²) in [6.45, 7) is 6.04. The van der Waals surface area contributed by atoms with Gasteiger partial charge < -0.3 is 20.5 Å². The number of ether oxygens (including phenoxy) is 1. The van der Waals surface area contributed by atoms with E-state index in [1.54, 1.807) is 18.2 Å². The molecule has 2 aliphatic rings. The summed E-state index contributed by atoms with van der Waals surface area (Å²) in [6, 6.07) is 5.05. The molecule has 0 aliphatic carbocycles. The molecular formula is C18H23N3O3. The predicted molar refractivity (Wildman–Crippen MR) is 92.4 cm³/mol. The second-order valence-electron chi connectivity index (χ2n) is 6.54. The normalized spacial score (nSPS) is 22.4. The quantitative estimate of drug-likeness (QED) is 0.505. The first-order valence-corrected chi connectivity index (χ1v) is 8.17. The number of rotatable bonds is 3. The second-order valence-corrected chi connectivity index (χ2v) is 6.54. The Bertz CT molecular complexity index is 707. The van der Waals surface area contributed by atoms with Crippen molar-refractivity contribution < 1.29 is 14.6 Å². The third kappa shape index (κ3) is 3.09. The molecule has 2 aliphatic heterocycles. The molecule has 2 atom stereocenters. The van der Waals surface area contributed by atoms with Crippen LogP contribution in [0.25, 0.3) is 0 Å². The highest BCUT2D eigenvalue weighted by molar-refractivity contribution is 5.88. The van der Waals surface area contributed by atoms with Gasteiger partial charge in [-0.15, -0.1) is 0 Å². The molecule has 3 N–H and O–H groups in total. The van der Waals surface area contributed by atoms with Crippen molar-refractivity contribution in [3.05, 3.63) is 41.0 Å². The highest BCUT2D eigenvalue weighted by atomic mass is 16.5. The molecule has 0 radical (unpaired) electrons. The zero-order chi connectivity index (χ0) is 17.3. The lowest BCUT2D eigenvalue weighted by molar-refractivity contribution is 0.0696. The van der Waals surface area contributed by atoms with Gasteiger partial charge in [0.1, 0.15) is 5.75 Å². The molecule has 1 fully saturated rings. The molecule has 1 aromatic rings. The maximum atomic E-state index is 11.3. The Morgan fingerprint density at radius 2 is 2.29 bits per heavy atom. The molecule has 0 unspecified atom stereocenters. The zero-order valence-corrected chi connectivity index (χ0v) is 14.0. The van der Waals surface area contributed by atoms with E-state index in [0.29, 0.717) is 25.0 Å². The lowest BCUT2D eigenvalue weighted by atomic mass is 9.90. The lowest BCUT2D eigenvalue weighted by Crippen LogP contribution is -2.40. The van der Waals surface area contributed by atoms with Gasteiger partial charge in [0.25, 0.3) is 0 Å². The SMILES string of the molecule is CC(C)=CCN=C(N)N1CC[C@H]2COc3ccc(C(=O)O)cc3[C@H]21. The van der Waals surface area contributed by atoms with Crippen LogP contribution in [0.2, 0.25) is 0 Å². The van der Waals surface area contributed by atoms with Crippen LogP contribution in [-0.4, -0.2) is 41.6 Å². The maximum absolute atomic E-state index is 11.3. The van der Waals surface area contributed by atoms with E-state index in [1.807, 2.05) is 19.9 Å². The molecule has 0 saturated carbocycles. The molecule has 2 heterocycles. The van der Waals surface area contributed by atoms with E-state index >= 15 is 0 Å². The summed E-state index contributed by atoms with van der Waals surface area (Å²) >= 11 is 0. The van der Waals surface area contributed by atoms with Crippen LogP contribution in [0.4, 0.5) is 0 Å². The standard InChI is InChI=1S/C18H23N3O3/c1-11(2)5-7-20-18(19)21-8-6-13-10-24-15-4-3-12(17(22)23)9-14(15)16(13)21/h3-5,9,13,16H,6-8,10H2,1-2H3,(H2,19,20)(H,22,23)/t13-,16-/m0/s1. The molecule has 3 rings (SSSR count). The van der Waals surface area contributed by atoms with Crippen LogP contribution >= 0.6 is 0 Å². The number of carbonyl (C=O) groups is 1. The Hall–Kier alpha value is -2.50. The second kappa shape index (κ2) is 6.55. The molecule has 24 heavy (non-hydrogen) atoms. The van der Waals surface area contributed by atoms with Crippen LogP contribution in [0.15, 0.2) is 34.8 Å². The number of likely N-dealkylation sites (tertiary alicyclic amines) is 1. The van der Waals surface area contributed by atoms with Crippen LogP contribution in [-0.2, 0) is 0 Å². The number of aliphatic imine (C=N–C) groups is 1. The highest BCUT2D eigenvalue weighted by Gasteiger charge is 2.41. The average molecular weight is 329 g/mol.